The average molecular weight is 360 g/mol. The average Bonchev–Trinajstić information content (AvgIpc) is 3.16. The molecule has 0 bridgehead atoms. The Morgan fingerprint density at radius 2 is 1.83 bits per heavy atom. The molecule has 3 rings (SSSR count). The minimum atomic E-state index is -5.91. The van der Waals surface area contributed by atoms with E-state index in [-0.39, 0.29) is 22.3 Å². The Balaban J connectivity index is 2.11. The lowest BCUT2D eigenvalue weighted by atomic mass is 10.1. The molecule has 2 aromatic heterocycles. The second-order valence-corrected chi connectivity index (χ2v) is 6.14. The molecule has 1 aromatic carbocycles. The first kappa shape index (κ1) is 16.1. The Kier molecular flexibility index (Phi) is 3.63. The number of alkyl halides is 3. The number of carbonyl (C=O) groups is 1. The molecule has 0 saturated heterocycles. The quantitative estimate of drug-likeness (QED) is 0.402. The highest BCUT2D eigenvalue weighted by Gasteiger charge is 2.49. The zero-order valence-corrected chi connectivity index (χ0v) is 12.3. The van der Waals surface area contributed by atoms with E-state index in [0.29, 0.717) is 0 Å². The van der Waals surface area contributed by atoms with Crippen molar-refractivity contribution in [1.82, 2.24) is 0 Å². The maximum absolute atomic E-state index is 12.5. The van der Waals surface area contributed by atoms with Crippen LogP contribution in [0.5, 0.6) is 5.75 Å². The number of carbonyl (C=O) groups excluding carboxylic acids is 1. The standard InChI is InChI=1S/C14H7F3O6S/c15-14(16,17)24(19,20)23-11-7-9(6-8-3-5-22-13(8)11)12(18)10-2-1-4-21-10/h1-7H. The van der Waals surface area contributed by atoms with Crippen LogP contribution in [-0.4, -0.2) is 19.7 Å². The minimum absolute atomic E-state index is 0.0672. The van der Waals surface area contributed by atoms with Gasteiger partial charge in [-0.25, -0.2) is 0 Å². The van der Waals surface area contributed by atoms with Gasteiger partial charge >= 0.3 is 15.6 Å². The molecule has 0 amide bonds. The lowest BCUT2D eigenvalue weighted by Crippen LogP contribution is -2.28. The van der Waals surface area contributed by atoms with Crippen LogP contribution in [0.1, 0.15) is 16.1 Å². The minimum Gasteiger partial charge on any atom is -0.461 e. The largest absolute Gasteiger partial charge is 0.534 e. The van der Waals surface area contributed by atoms with E-state index in [1.807, 2.05) is 0 Å². The molecule has 0 spiro atoms. The first-order valence-electron chi connectivity index (χ1n) is 6.29. The molecule has 126 valence electrons. The van der Waals surface area contributed by atoms with Gasteiger partial charge in [0.25, 0.3) is 0 Å². The summed E-state index contributed by atoms with van der Waals surface area (Å²) < 4.78 is 73.9. The molecule has 24 heavy (non-hydrogen) atoms. The van der Waals surface area contributed by atoms with Gasteiger partial charge in [-0.1, -0.05) is 0 Å². The molecule has 10 heteroatoms. The van der Waals surface area contributed by atoms with Crippen molar-refractivity contribution in [3.05, 3.63) is 54.2 Å². The maximum atomic E-state index is 12.5. The van der Waals surface area contributed by atoms with Gasteiger partial charge in [0.05, 0.1) is 12.5 Å². The number of hydrogen-bond acceptors (Lipinski definition) is 6. The Hall–Kier alpha value is -2.75. The summed E-state index contributed by atoms with van der Waals surface area (Å²) in [5.41, 5.74) is -5.97. The smallest absolute Gasteiger partial charge is 0.461 e. The molecule has 3 aromatic rings. The van der Waals surface area contributed by atoms with Crippen molar-refractivity contribution in [3.63, 3.8) is 0 Å². The van der Waals surface area contributed by atoms with Gasteiger partial charge in [0, 0.05) is 10.9 Å². The highest BCUT2D eigenvalue weighted by atomic mass is 32.2. The first-order valence-corrected chi connectivity index (χ1v) is 7.70. The van der Waals surface area contributed by atoms with E-state index >= 15 is 0 Å². The first-order chi connectivity index (χ1) is 11.2. The summed E-state index contributed by atoms with van der Waals surface area (Å²) in [5.74, 6) is -1.47. The Morgan fingerprint density at radius 1 is 1.08 bits per heavy atom. The van der Waals surface area contributed by atoms with Crippen LogP contribution in [0, 0.1) is 0 Å². The van der Waals surface area contributed by atoms with Crippen molar-refractivity contribution < 1.29 is 39.4 Å². The van der Waals surface area contributed by atoms with E-state index in [4.69, 9.17) is 8.83 Å². The van der Waals surface area contributed by atoms with E-state index in [1.165, 1.54) is 30.5 Å². The topological polar surface area (TPSA) is 86.7 Å². The van der Waals surface area contributed by atoms with E-state index in [9.17, 15) is 26.4 Å². The van der Waals surface area contributed by atoms with Gasteiger partial charge < -0.3 is 13.0 Å². The summed E-state index contributed by atoms with van der Waals surface area (Å²) in [4.78, 5) is 12.2. The highest BCUT2D eigenvalue weighted by molar-refractivity contribution is 7.88. The number of fused-ring (bicyclic) bond motifs is 1. The molecular formula is C14H7F3O6S. The number of furan rings is 2. The summed E-state index contributed by atoms with van der Waals surface area (Å²) >= 11 is 0. The van der Waals surface area contributed by atoms with Crippen LogP contribution >= 0.6 is 0 Å². The summed E-state index contributed by atoms with van der Waals surface area (Å²) in [6.45, 7) is 0. The van der Waals surface area contributed by atoms with Crippen LogP contribution < -0.4 is 4.18 Å². The molecule has 0 aliphatic carbocycles. The lowest BCUT2D eigenvalue weighted by Gasteiger charge is -2.10. The van der Waals surface area contributed by atoms with Crippen LogP contribution in [0.3, 0.4) is 0 Å². The second-order valence-electron chi connectivity index (χ2n) is 4.60. The Morgan fingerprint density at radius 3 is 2.46 bits per heavy atom. The Bertz CT molecular complexity index is 999. The third kappa shape index (κ3) is 2.75. The van der Waals surface area contributed by atoms with Gasteiger partial charge in [-0.05, 0) is 30.3 Å². The van der Waals surface area contributed by atoms with Crippen LogP contribution in [0.4, 0.5) is 13.2 Å². The fourth-order valence-corrected chi connectivity index (χ4v) is 2.41. The van der Waals surface area contributed by atoms with Crippen molar-refractivity contribution >= 4 is 26.9 Å². The van der Waals surface area contributed by atoms with E-state index in [2.05, 4.69) is 4.18 Å². The zero-order valence-electron chi connectivity index (χ0n) is 11.5. The van der Waals surface area contributed by atoms with Crippen molar-refractivity contribution in [2.75, 3.05) is 0 Å². The van der Waals surface area contributed by atoms with Crippen LogP contribution in [0.15, 0.2) is 51.7 Å². The maximum Gasteiger partial charge on any atom is 0.534 e. The van der Waals surface area contributed by atoms with Gasteiger partial charge in [0.1, 0.15) is 0 Å². The number of hydrogen-bond donors (Lipinski definition) is 0. The third-order valence-corrected chi connectivity index (χ3v) is 3.97. The normalized spacial score (nSPS) is 12.5. The third-order valence-electron chi connectivity index (χ3n) is 3.01. The second kappa shape index (κ2) is 5.41. The predicted octanol–water partition coefficient (Wildman–Crippen LogP) is 3.49. The van der Waals surface area contributed by atoms with Crippen molar-refractivity contribution in [2.45, 2.75) is 5.51 Å². The SMILES string of the molecule is O=C(c1cc(OS(=O)(=O)C(F)(F)F)c2occc2c1)c1ccco1. The fourth-order valence-electron chi connectivity index (χ4n) is 1.96. The number of ketones is 1. The fraction of sp³-hybridized carbons (Fsp3) is 0.0714. The van der Waals surface area contributed by atoms with E-state index in [1.54, 1.807) is 0 Å². The van der Waals surface area contributed by atoms with Crippen molar-refractivity contribution in [1.29, 1.82) is 0 Å². The van der Waals surface area contributed by atoms with Gasteiger partial charge in [0.2, 0.25) is 5.78 Å². The van der Waals surface area contributed by atoms with Gasteiger partial charge in [-0.3, -0.25) is 4.79 Å². The van der Waals surface area contributed by atoms with E-state index < -0.39 is 27.2 Å². The molecule has 0 atom stereocenters. The molecular weight excluding hydrogens is 353 g/mol. The summed E-state index contributed by atoms with van der Waals surface area (Å²) in [5, 5.41) is 0.194. The lowest BCUT2D eigenvalue weighted by molar-refractivity contribution is -0.0499. The molecule has 6 nitrogen and oxygen atoms in total. The summed E-state index contributed by atoms with van der Waals surface area (Å²) in [6, 6.07) is 6.32. The zero-order chi connectivity index (χ0) is 17.5. The summed E-state index contributed by atoms with van der Waals surface area (Å²) in [7, 11) is -5.91. The molecule has 0 saturated carbocycles. The number of halogens is 3. The Labute approximate surface area is 132 Å². The van der Waals surface area contributed by atoms with Crippen LogP contribution in [0.2, 0.25) is 0 Å². The molecule has 0 N–H and O–H groups in total. The highest BCUT2D eigenvalue weighted by Crippen LogP contribution is 2.34. The molecule has 0 radical (unpaired) electrons. The van der Waals surface area contributed by atoms with Crippen molar-refractivity contribution in [2.24, 2.45) is 0 Å². The molecule has 0 unspecified atom stereocenters. The van der Waals surface area contributed by atoms with Crippen LogP contribution in [0.25, 0.3) is 11.0 Å². The molecule has 0 aliphatic heterocycles. The molecule has 2 heterocycles. The monoisotopic (exact) mass is 360 g/mol. The molecule has 0 fully saturated rings. The van der Waals surface area contributed by atoms with Crippen molar-refractivity contribution in [3.8, 4) is 5.75 Å². The van der Waals surface area contributed by atoms with E-state index in [0.717, 1.165) is 12.3 Å². The number of rotatable bonds is 4. The van der Waals surface area contributed by atoms with Gasteiger partial charge in [-0.15, -0.1) is 0 Å². The van der Waals surface area contributed by atoms with Gasteiger partial charge in [0.15, 0.2) is 17.1 Å². The summed E-state index contributed by atoms with van der Waals surface area (Å²) in [6.07, 6.45) is 2.37. The van der Waals surface area contributed by atoms with Gasteiger partial charge in [-0.2, -0.15) is 21.6 Å². The molecule has 0 aliphatic rings. The predicted molar refractivity (Wildman–Crippen MR) is 74.0 cm³/mol. The van der Waals surface area contributed by atoms with Crippen LogP contribution in [-0.2, 0) is 10.1 Å². The number of benzene rings is 1.